The molecule has 0 amide bonds. The number of benzene rings is 2. The average molecular weight is 421 g/mol. The van der Waals surface area contributed by atoms with Crippen molar-refractivity contribution in [3.8, 4) is 33.8 Å². The van der Waals surface area contributed by atoms with Gasteiger partial charge in [-0.25, -0.2) is 4.98 Å². The number of imidazole rings is 1. The highest BCUT2D eigenvalue weighted by atomic mass is 19.4. The summed E-state index contributed by atoms with van der Waals surface area (Å²) in [5, 5.41) is 0. The molecule has 0 aliphatic rings. The Kier molecular flexibility index (Phi) is 5.39. The van der Waals surface area contributed by atoms with Crippen LogP contribution >= 0.6 is 0 Å². The van der Waals surface area contributed by atoms with Crippen LogP contribution in [-0.4, -0.2) is 15.0 Å². The predicted octanol–water partition coefficient (Wildman–Crippen LogP) is 7.26. The van der Waals surface area contributed by atoms with Gasteiger partial charge in [-0.05, 0) is 48.4 Å². The Hall–Kier alpha value is -3.41. The summed E-state index contributed by atoms with van der Waals surface area (Å²) < 4.78 is 38.7. The van der Waals surface area contributed by atoms with Gasteiger partial charge in [0.2, 0.25) is 0 Å². The Labute approximate surface area is 179 Å². The molecule has 31 heavy (non-hydrogen) atoms. The Morgan fingerprint density at radius 2 is 1.48 bits per heavy atom. The van der Waals surface area contributed by atoms with E-state index >= 15 is 0 Å². The molecule has 4 aromatic rings. The van der Waals surface area contributed by atoms with E-state index in [1.165, 1.54) is 12.1 Å². The smallest absolute Gasteiger partial charge is 0.340 e. The maximum Gasteiger partial charge on any atom is 0.416 e. The normalized spacial score (nSPS) is 11.8. The van der Waals surface area contributed by atoms with E-state index in [-0.39, 0.29) is 5.92 Å². The molecule has 0 radical (unpaired) electrons. The summed E-state index contributed by atoms with van der Waals surface area (Å²) >= 11 is 0. The minimum absolute atomic E-state index is 0.204. The summed E-state index contributed by atoms with van der Waals surface area (Å²) in [7, 11) is 0. The van der Waals surface area contributed by atoms with E-state index in [0.29, 0.717) is 5.56 Å². The van der Waals surface area contributed by atoms with Crippen molar-refractivity contribution in [2.75, 3.05) is 0 Å². The van der Waals surface area contributed by atoms with Crippen molar-refractivity contribution < 1.29 is 13.2 Å². The van der Waals surface area contributed by atoms with Crippen molar-refractivity contribution in [2.24, 2.45) is 0 Å². The van der Waals surface area contributed by atoms with Gasteiger partial charge in [-0.2, -0.15) is 13.2 Å². The number of hydrogen-bond acceptors (Lipinski definition) is 2. The van der Waals surface area contributed by atoms with E-state index in [1.54, 1.807) is 0 Å². The molecule has 4 rings (SSSR count). The highest BCUT2D eigenvalue weighted by molar-refractivity contribution is 5.80. The maximum absolute atomic E-state index is 12.9. The SMILES string of the molecule is Cc1cccc(-c2[nH]c(C(C)C)nc2-c2cccc(-c3ccc(C(F)(F)F)cc3)c2)n1. The van der Waals surface area contributed by atoms with E-state index in [9.17, 15) is 13.2 Å². The Morgan fingerprint density at radius 1 is 0.806 bits per heavy atom. The van der Waals surface area contributed by atoms with Crippen LogP contribution < -0.4 is 0 Å². The van der Waals surface area contributed by atoms with Gasteiger partial charge in [0.1, 0.15) is 5.82 Å². The van der Waals surface area contributed by atoms with Gasteiger partial charge in [-0.1, -0.05) is 50.2 Å². The first-order valence-corrected chi connectivity index (χ1v) is 10.0. The number of nitrogens with zero attached hydrogens (tertiary/aromatic N) is 2. The molecule has 1 N–H and O–H groups in total. The number of halogens is 3. The van der Waals surface area contributed by atoms with Crippen LogP contribution in [0, 0.1) is 6.92 Å². The molecule has 0 spiro atoms. The summed E-state index contributed by atoms with van der Waals surface area (Å²) in [6.07, 6.45) is -4.35. The topological polar surface area (TPSA) is 41.6 Å². The molecule has 2 heterocycles. The minimum atomic E-state index is -4.35. The molecular weight excluding hydrogens is 399 g/mol. The monoisotopic (exact) mass is 421 g/mol. The second-order valence-corrected chi connectivity index (χ2v) is 7.82. The second-order valence-electron chi connectivity index (χ2n) is 7.82. The van der Waals surface area contributed by atoms with Crippen LogP contribution in [0.5, 0.6) is 0 Å². The van der Waals surface area contributed by atoms with E-state index < -0.39 is 11.7 Å². The van der Waals surface area contributed by atoms with Gasteiger partial charge in [-0.15, -0.1) is 0 Å². The van der Waals surface area contributed by atoms with Crippen LogP contribution in [0.2, 0.25) is 0 Å². The van der Waals surface area contributed by atoms with E-state index in [4.69, 9.17) is 4.98 Å². The summed E-state index contributed by atoms with van der Waals surface area (Å²) in [5.74, 6) is 1.06. The Morgan fingerprint density at radius 3 is 2.13 bits per heavy atom. The summed E-state index contributed by atoms with van der Waals surface area (Å²) in [5.41, 5.74) is 5.06. The molecule has 0 unspecified atom stereocenters. The predicted molar refractivity (Wildman–Crippen MR) is 117 cm³/mol. The molecule has 3 nitrogen and oxygen atoms in total. The number of H-pyrrole nitrogens is 1. The van der Waals surface area contributed by atoms with Crippen LogP contribution in [0.15, 0.2) is 66.7 Å². The van der Waals surface area contributed by atoms with E-state index in [2.05, 4.69) is 23.8 Å². The fourth-order valence-electron chi connectivity index (χ4n) is 3.44. The highest BCUT2D eigenvalue weighted by Crippen LogP contribution is 2.35. The Balaban J connectivity index is 1.79. The van der Waals surface area contributed by atoms with Crippen molar-refractivity contribution >= 4 is 0 Å². The van der Waals surface area contributed by atoms with Gasteiger partial charge in [0, 0.05) is 17.2 Å². The highest BCUT2D eigenvalue weighted by Gasteiger charge is 2.30. The molecular formula is C25H22F3N3. The Bertz CT molecular complexity index is 1210. The molecule has 0 bridgehead atoms. The molecule has 0 aliphatic heterocycles. The van der Waals surface area contributed by atoms with Gasteiger partial charge in [0.05, 0.1) is 22.6 Å². The molecule has 0 atom stereocenters. The van der Waals surface area contributed by atoms with Gasteiger partial charge >= 0.3 is 6.18 Å². The standard InChI is InChI=1S/C25H22F3N3/c1-15(2)24-30-22(23(31-24)21-9-4-6-16(3)29-21)19-8-5-7-18(14-19)17-10-12-20(13-11-17)25(26,27)28/h4-15H,1-3H3,(H,30,31). The van der Waals surface area contributed by atoms with Crippen molar-refractivity contribution in [1.29, 1.82) is 0 Å². The zero-order chi connectivity index (χ0) is 22.2. The van der Waals surface area contributed by atoms with E-state index in [1.807, 2.05) is 49.4 Å². The molecule has 0 aliphatic carbocycles. The lowest BCUT2D eigenvalue weighted by atomic mass is 9.99. The number of nitrogens with one attached hydrogen (secondary N) is 1. The second kappa shape index (κ2) is 8.02. The number of alkyl halides is 3. The van der Waals surface area contributed by atoms with Gasteiger partial charge in [0.15, 0.2) is 0 Å². The third-order valence-electron chi connectivity index (χ3n) is 5.10. The minimum Gasteiger partial charge on any atom is -0.340 e. The van der Waals surface area contributed by atoms with Crippen molar-refractivity contribution in [3.63, 3.8) is 0 Å². The van der Waals surface area contributed by atoms with Gasteiger partial charge in [-0.3, -0.25) is 4.98 Å². The lowest BCUT2D eigenvalue weighted by Gasteiger charge is -2.09. The van der Waals surface area contributed by atoms with Gasteiger partial charge in [0.25, 0.3) is 0 Å². The number of aromatic amines is 1. The molecule has 6 heteroatoms. The quantitative estimate of drug-likeness (QED) is 0.377. The molecule has 158 valence electrons. The van der Waals surface area contributed by atoms with Crippen molar-refractivity contribution in [2.45, 2.75) is 32.9 Å². The average Bonchev–Trinajstić information content (AvgIpc) is 3.19. The number of rotatable bonds is 4. The lowest BCUT2D eigenvalue weighted by molar-refractivity contribution is -0.137. The van der Waals surface area contributed by atoms with E-state index in [0.717, 1.165) is 51.9 Å². The molecule has 2 aromatic heterocycles. The van der Waals surface area contributed by atoms with Gasteiger partial charge < -0.3 is 4.98 Å². The molecule has 0 saturated carbocycles. The molecule has 2 aromatic carbocycles. The first-order valence-electron chi connectivity index (χ1n) is 10.0. The van der Waals surface area contributed by atoms with Crippen molar-refractivity contribution in [3.05, 3.63) is 83.8 Å². The third kappa shape index (κ3) is 4.38. The molecule has 0 fully saturated rings. The number of aromatic nitrogens is 3. The van der Waals surface area contributed by atoms with Crippen LogP contribution in [-0.2, 0) is 6.18 Å². The number of pyridine rings is 1. The third-order valence-corrected chi connectivity index (χ3v) is 5.10. The van der Waals surface area contributed by atoms with Crippen molar-refractivity contribution in [1.82, 2.24) is 15.0 Å². The summed E-state index contributed by atoms with van der Waals surface area (Å²) in [6.45, 7) is 6.07. The zero-order valence-electron chi connectivity index (χ0n) is 17.5. The van der Waals surface area contributed by atoms with Crippen LogP contribution in [0.25, 0.3) is 33.8 Å². The number of aryl methyl sites for hydroxylation is 1. The molecule has 0 saturated heterocycles. The fourth-order valence-corrected chi connectivity index (χ4v) is 3.44. The first kappa shape index (κ1) is 20.8. The summed E-state index contributed by atoms with van der Waals surface area (Å²) in [4.78, 5) is 12.9. The van der Waals surface area contributed by atoms with Crippen LogP contribution in [0.1, 0.15) is 36.8 Å². The first-order chi connectivity index (χ1) is 14.7. The van der Waals surface area contributed by atoms with Crippen LogP contribution in [0.3, 0.4) is 0 Å². The largest absolute Gasteiger partial charge is 0.416 e. The lowest BCUT2D eigenvalue weighted by Crippen LogP contribution is -2.03. The van der Waals surface area contributed by atoms with Crippen LogP contribution in [0.4, 0.5) is 13.2 Å². The zero-order valence-corrected chi connectivity index (χ0v) is 17.5. The fraction of sp³-hybridized carbons (Fsp3) is 0.200. The summed E-state index contributed by atoms with van der Waals surface area (Å²) in [6, 6.07) is 18.7. The number of hydrogen-bond donors (Lipinski definition) is 1. The maximum atomic E-state index is 12.9.